The standard InChI is InChI=1S/C14H12BrFN2O/c15-10-5-6-12(16)13(7-10)18-8-9-3-1-2-4-11(9)14(17)19/h1-7,18H,8H2,(H2,17,19). The number of nitrogens with one attached hydrogen (secondary N) is 1. The van der Waals surface area contributed by atoms with Crippen molar-refractivity contribution in [1.82, 2.24) is 0 Å². The Morgan fingerprint density at radius 2 is 2.00 bits per heavy atom. The molecule has 0 aromatic heterocycles. The molecule has 0 saturated heterocycles. The monoisotopic (exact) mass is 322 g/mol. The highest BCUT2D eigenvalue weighted by Gasteiger charge is 2.08. The van der Waals surface area contributed by atoms with Crippen LogP contribution in [0.4, 0.5) is 10.1 Å². The molecule has 98 valence electrons. The van der Waals surface area contributed by atoms with Crippen molar-refractivity contribution in [2.45, 2.75) is 6.54 Å². The molecule has 0 atom stereocenters. The number of primary amides is 1. The van der Waals surface area contributed by atoms with Crippen LogP contribution >= 0.6 is 15.9 Å². The second kappa shape index (κ2) is 5.84. The predicted molar refractivity (Wildman–Crippen MR) is 76.4 cm³/mol. The van der Waals surface area contributed by atoms with E-state index in [2.05, 4.69) is 21.2 Å². The highest BCUT2D eigenvalue weighted by Crippen LogP contribution is 2.21. The van der Waals surface area contributed by atoms with E-state index >= 15 is 0 Å². The summed E-state index contributed by atoms with van der Waals surface area (Å²) in [5.41, 5.74) is 6.82. The number of halogens is 2. The number of nitrogens with two attached hydrogens (primary N) is 1. The first-order chi connectivity index (χ1) is 9.08. The minimum Gasteiger partial charge on any atom is -0.379 e. The van der Waals surface area contributed by atoms with Crippen LogP contribution in [0.3, 0.4) is 0 Å². The lowest BCUT2D eigenvalue weighted by Crippen LogP contribution is -2.15. The van der Waals surface area contributed by atoms with Crippen molar-refractivity contribution in [3.8, 4) is 0 Å². The van der Waals surface area contributed by atoms with Crippen LogP contribution in [-0.4, -0.2) is 5.91 Å². The molecule has 3 N–H and O–H groups in total. The van der Waals surface area contributed by atoms with E-state index in [9.17, 15) is 9.18 Å². The fourth-order valence-corrected chi connectivity index (χ4v) is 2.10. The van der Waals surface area contributed by atoms with Gasteiger partial charge in [0.15, 0.2) is 0 Å². The molecule has 1 amide bonds. The van der Waals surface area contributed by atoms with Crippen molar-refractivity contribution in [1.29, 1.82) is 0 Å². The first-order valence-corrected chi connectivity index (χ1v) is 6.44. The maximum absolute atomic E-state index is 13.6. The van der Waals surface area contributed by atoms with Gasteiger partial charge < -0.3 is 11.1 Å². The second-order valence-electron chi connectivity index (χ2n) is 4.00. The molecule has 0 spiro atoms. The van der Waals surface area contributed by atoms with E-state index in [0.717, 1.165) is 10.0 Å². The Bertz CT molecular complexity index is 616. The number of amides is 1. The van der Waals surface area contributed by atoms with E-state index in [0.29, 0.717) is 17.8 Å². The van der Waals surface area contributed by atoms with Crippen LogP contribution in [0.25, 0.3) is 0 Å². The zero-order valence-electron chi connectivity index (χ0n) is 9.99. The average Bonchev–Trinajstić information content (AvgIpc) is 2.40. The maximum Gasteiger partial charge on any atom is 0.249 e. The maximum atomic E-state index is 13.6. The summed E-state index contributed by atoms with van der Waals surface area (Å²) < 4.78 is 14.3. The van der Waals surface area contributed by atoms with Gasteiger partial charge in [-0.15, -0.1) is 0 Å². The number of carbonyl (C=O) groups excluding carboxylic acids is 1. The third-order valence-electron chi connectivity index (χ3n) is 2.68. The normalized spacial score (nSPS) is 10.2. The van der Waals surface area contributed by atoms with E-state index in [1.54, 1.807) is 36.4 Å². The van der Waals surface area contributed by atoms with Gasteiger partial charge in [-0.05, 0) is 29.8 Å². The number of hydrogen-bond donors (Lipinski definition) is 2. The Balaban J connectivity index is 2.19. The summed E-state index contributed by atoms with van der Waals surface area (Å²) in [5, 5.41) is 2.95. The molecule has 0 fully saturated rings. The van der Waals surface area contributed by atoms with Crippen LogP contribution in [0.2, 0.25) is 0 Å². The zero-order chi connectivity index (χ0) is 13.8. The van der Waals surface area contributed by atoms with Gasteiger partial charge >= 0.3 is 0 Å². The van der Waals surface area contributed by atoms with Crippen LogP contribution in [-0.2, 0) is 6.54 Å². The molecule has 2 aromatic carbocycles. The van der Waals surface area contributed by atoms with Crippen LogP contribution in [0.1, 0.15) is 15.9 Å². The van der Waals surface area contributed by atoms with E-state index in [4.69, 9.17) is 5.73 Å². The summed E-state index contributed by atoms with van der Waals surface area (Å²) in [6, 6.07) is 11.6. The SMILES string of the molecule is NC(=O)c1ccccc1CNc1cc(Br)ccc1F. The number of hydrogen-bond acceptors (Lipinski definition) is 2. The molecule has 2 aromatic rings. The van der Waals surface area contributed by atoms with Crippen LogP contribution in [0.5, 0.6) is 0 Å². The van der Waals surface area contributed by atoms with Gasteiger partial charge in [0.25, 0.3) is 0 Å². The summed E-state index contributed by atoms with van der Waals surface area (Å²) >= 11 is 3.28. The van der Waals surface area contributed by atoms with Crippen molar-refractivity contribution < 1.29 is 9.18 Å². The molecule has 0 aliphatic heterocycles. The molecule has 2 rings (SSSR count). The van der Waals surface area contributed by atoms with Gasteiger partial charge in [-0.1, -0.05) is 34.1 Å². The Kier molecular flexibility index (Phi) is 4.16. The topological polar surface area (TPSA) is 55.1 Å². The lowest BCUT2D eigenvalue weighted by atomic mass is 10.1. The molecule has 0 unspecified atom stereocenters. The first-order valence-electron chi connectivity index (χ1n) is 5.64. The summed E-state index contributed by atoms with van der Waals surface area (Å²) in [7, 11) is 0. The van der Waals surface area contributed by atoms with Gasteiger partial charge in [-0.3, -0.25) is 4.79 Å². The summed E-state index contributed by atoms with van der Waals surface area (Å²) in [6.07, 6.45) is 0. The molecule has 0 aliphatic carbocycles. The first kappa shape index (κ1) is 13.5. The average molecular weight is 323 g/mol. The smallest absolute Gasteiger partial charge is 0.249 e. The van der Waals surface area contributed by atoms with E-state index in [1.807, 2.05) is 0 Å². The molecule has 0 radical (unpaired) electrons. The Labute approximate surface area is 118 Å². The number of anilines is 1. The molecular weight excluding hydrogens is 311 g/mol. The van der Waals surface area contributed by atoms with Crippen molar-refractivity contribution in [3.63, 3.8) is 0 Å². The molecule has 0 aliphatic rings. The van der Waals surface area contributed by atoms with Crippen molar-refractivity contribution in [2.24, 2.45) is 5.73 Å². The minimum absolute atomic E-state index is 0.326. The lowest BCUT2D eigenvalue weighted by molar-refractivity contribution is 0.0999. The van der Waals surface area contributed by atoms with Gasteiger partial charge in [0.1, 0.15) is 5.82 Å². The third kappa shape index (κ3) is 3.32. The molecule has 19 heavy (non-hydrogen) atoms. The van der Waals surface area contributed by atoms with Gasteiger partial charge in [0.05, 0.1) is 5.69 Å². The Morgan fingerprint density at radius 3 is 2.74 bits per heavy atom. The largest absolute Gasteiger partial charge is 0.379 e. The third-order valence-corrected chi connectivity index (χ3v) is 3.17. The second-order valence-corrected chi connectivity index (χ2v) is 4.91. The minimum atomic E-state index is -0.493. The molecule has 0 bridgehead atoms. The van der Waals surface area contributed by atoms with Gasteiger partial charge in [-0.25, -0.2) is 4.39 Å². The van der Waals surface area contributed by atoms with Gasteiger partial charge in [0, 0.05) is 16.6 Å². The van der Waals surface area contributed by atoms with Gasteiger partial charge in [-0.2, -0.15) is 0 Å². The molecule has 0 heterocycles. The van der Waals surface area contributed by atoms with Crippen LogP contribution < -0.4 is 11.1 Å². The summed E-state index contributed by atoms with van der Waals surface area (Å²) in [4.78, 5) is 11.3. The Morgan fingerprint density at radius 1 is 1.26 bits per heavy atom. The van der Waals surface area contributed by atoms with Gasteiger partial charge in [0.2, 0.25) is 5.91 Å². The molecule has 0 saturated carbocycles. The lowest BCUT2D eigenvalue weighted by Gasteiger charge is -2.10. The Hall–Kier alpha value is -1.88. The zero-order valence-corrected chi connectivity index (χ0v) is 11.6. The van der Waals surface area contributed by atoms with E-state index in [-0.39, 0.29) is 5.82 Å². The fourth-order valence-electron chi connectivity index (χ4n) is 1.74. The van der Waals surface area contributed by atoms with Crippen molar-refractivity contribution >= 4 is 27.5 Å². The van der Waals surface area contributed by atoms with Crippen LogP contribution in [0, 0.1) is 5.82 Å². The van der Waals surface area contributed by atoms with E-state index < -0.39 is 5.91 Å². The number of carbonyl (C=O) groups is 1. The molecule has 3 nitrogen and oxygen atoms in total. The van der Waals surface area contributed by atoms with Crippen molar-refractivity contribution in [2.75, 3.05) is 5.32 Å². The number of benzene rings is 2. The quantitative estimate of drug-likeness (QED) is 0.907. The highest BCUT2D eigenvalue weighted by molar-refractivity contribution is 9.10. The van der Waals surface area contributed by atoms with E-state index in [1.165, 1.54) is 6.07 Å². The fraction of sp³-hybridized carbons (Fsp3) is 0.0714. The molecule has 5 heteroatoms. The van der Waals surface area contributed by atoms with Crippen LogP contribution in [0.15, 0.2) is 46.9 Å². The number of rotatable bonds is 4. The summed E-state index contributed by atoms with van der Waals surface area (Å²) in [5.74, 6) is -0.841. The van der Waals surface area contributed by atoms with Crippen molar-refractivity contribution in [3.05, 3.63) is 63.9 Å². The summed E-state index contributed by atoms with van der Waals surface area (Å²) in [6.45, 7) is 0.326. The molecular formula is C14H12BrFN2O. The highest BCUT2D eigenvalue weighted by atomic mass is 79.9. The predicted octanol–water partition coefficient (Wildman–Crippen LogP) is 3.30.